The number of hydrogen-bond acceptors (Lipinski definition) is 8. The van der Waals surface area contributed by atoms with E-state index < -0.39 is 48.1 Å². The number of carbonyl (C=O) groups excluding carboxylic acids is 3. The van der Waals surface area contributed by atoms with E-state index in [0.717, 1.165) is 16.3 Å². The van der Waals surface area contributed by atoms with Crippen LogP contribution in [-0.4, -0.2) is 55.6 Å². The van der Waals surface area contributed by atoms with Crippen molar-refractivity contribution in [2.24, 2.45) is 0 Å². The lowest BCUT2D eigenvalue weighted by Gasteiger charge is -2.30. The third kappa shape index (κ3) is 9.69. The Labute approximate surface area is 297 Å². The van der Waals surface area contributed by atoms with Crippen LogP contribution in [0.5, 0.6) is 0 Å². The van der Waals surface area contributed by atoms with Crippen molar-refractivity contribution in [3.05, 3.63) is 148 Å². The number of anilines is 1. The molecule has 3 amide bonds. The highest BCUT2D eigenvalue weighted by molar-refractivity contribution is 5.85. The van der Waals surface area contributed by atoms with Crippen LogP contribution in [-0.2, 0) is 40.4 Å². The number of aliphatic hydroxyl groups excluding tert-OH is 1. The van der Waals surface area contributed by atoms with Crippen LogP contribution >= 0.6 is 0 Å². The van der Waals surface area contributed by atoms with Gasteiger partial charge in [0.1, 0.15) is 30.8 Å². The molecule has 0 spiro atoms. The number of rotatable bonds is 14. The molecule has 3 aromatic carbocycles. The second-order valence-electron chi connectivity index (χ2n) is 11.9. The number of nitrogens with zero attached hydrogens (tertiary/aromatic N) is 3. The van der Waals surface area contributed by atoms with Gasteiger partial charge in [0.2, 0.25) is 5.91 Å². The molecule has 0 saturated heterocycles. The number of benzene rings is 3. The second kappa shape index (κ2) is 17.1. The van der Waals surface area contributed by atoms with Crippen LogP contribution in [0.25, 0.3) is 11.4 Å². The van der Waals surface area contributed by atoms with Crippen molar-refractivity contribution < 1.29 is 33.0 Å². The minimum absolute atomic E-state index is 0.0491. The van der Waals surface area contributed by atoms with Gasteiger partial charge in [-0.25, -0.2) is 9.78 Å². The molecule has 5 rings (SSSR count). The van der Waals surface area contributed by atoms with E-state index in [1.165, 1.54) is 24.5 Å². The molecular formula is C38H36F2N6O6. The Balaban J connectivity index is 1.39. The summed E-state index contributed by atoms with van der Waals surface area (Å²) in [6.07, 6.45) is 0.104. The van der Waals surface area contributed by atoms with Gasteiger partial charge in [-0.2, -0.15) is 8.78 Å². The van der Waals surface area contributed by atoms with E-state index in [9.17, 15) is 24.3 Å². The maximum absolute atomic E-state index is 15.5. The van der Waals surface area contributed by atoms with Crippen molar-refractivity contribution in [3.63, 3.8) is 0 Å². The molecule has 12 nitrogen and oxygen atoms in total. The van der Waals surface area contributed by atoms with Gasteiger partial charge in [0.25, 0.3) is 11.5 Å². The van der Waals surface area contributed by atoms with E-state index in [-0.39, 0.29) is 31.1 Å². The Kier molecular flexibility index (Phi) is 12.2. The quantitative estimate of drug-likeness (QED) is 0.132. The molecule has 2 aromatic heterocycles. The van der Waals surface area contributed by atoms with Gasteiger partial charge in [-0.05, 0) is 48.2 Å². The molecule has 2 atom stereocenters. The highest BCUT2D eigenvalue weighted by Gasteiger charge is 2.50. The highest BCUT2D eigenvalue weighted by atomic mass is 19.3. The maximum atomic E-state index is 15.5. The van der Waals surface area contributed by atoms with Crippen molar-refractivity contribution in [2.45, 2.75) is 51.1 Å². The van der Waals surface area contributed by atoms with Crippen molar-refractivity contribution in [3.8, 4) is 11.4 Å². The number of amides is 3. The monoisotopic (exact) mass is 710 g/mol. The molecule has 268 valence electrons. The number of alkyl halides is 2. The molecule has 0 fully saturated rings. The minimum atomic E-state index is -4.34. The Bertz CT molecular complexity index is 2050. The number of pyridine rings is 1. The number of nitrogens with one attached hydrogen (secondary N) is 3. The van der Waals surface area contributed by atoms with E-state index in [0.29, 0.717) is 22.3 Å². The Hall–Kier alpha value is -6.28. The van der Waals surface area contributed by atoms with Crippen molar-refractivity contribution in [1.82, 2.24) is 25.2 Å². The fourth-order valence-corrected chi connectivity index (χ4v) is 5.30. The number of ether oxygens (including phenoxy) is 1. The third-order valence-corrected chi connectivity index (χ3v) is 7.98. The normalized spacial score (nSPS) is 12.3. The standard InChI is InChI=1S/C38H36F2N6O6/c1-25-9-8-14-29(19-25)34-42-22-31(45-37(51)52-24-28-12-6-3-7-13-28)35(49)46(34)23-32(47)44-30(20-26-10-4-2-5-11-26)33(48)38(39,40)36(50)43-21-27-15-17-41-18-16-27/h2-19,22,30,33,48H,20-21,23-24H2,1H3,(H,43,50)(H,44,47)(H,45,51). The van der Waals surface area contributed by atoms with Crippen molar-refractivity contribution >= 4 is 23.6 Å². The molecule has 4 N–H and O–H groups in total. The molecule has 0 aliphatic carbocycles. The molecule has 52 heavy (non-hydrogen) atoms. The van der Waals surface area contributed by atoms with Gasteiger partial charge in [-0.1, -0.05) is 84.4 Å². The Morgan fingerprint density at radius 2 is 1.58 bits per heavy atom. The summed E-state index contributed by atoms with van der Waals surface area (Å²) in [6.45, 7) is 0.749. The number of aryl methyl sites for hydroxylation is 1. The Morgan fingerprint density at radius 3 is 2.25 bits per heavy atom. The first-order chi connectivity index (χ1) is 25.0. The molecule has 2 heterocycles. The average molecular weight is 711 g/mol. The zero-order valence-corrected chi connectivity index (χ0v) is 28.0. The lowest BCUT2D eigenvalue weighted by molar-refractivity contribution is -0.168. The van der Waals surface area contributed by atoms with Crippen LogP contribution in [0, 0.1) is 6.92 Å². The zero-order chi connectivity index (χ0) is 37.1. The summed E-state index contributed by atoms with van der Waals surface area (Å²) in [6, 6.07) is 25.4. The maximum Gasteiger partial charge on any atom is 0.412 e. The van der Waals surface area contributed by atoms with Gasteiger partial charge in [0, 0.05) is 24.5 Å². The van der Waals surface area contributed by atoms with Crippen LogP contribution in [0.15, 0.2) is 120 Å². The summed E-state index contributed by atoms with van der Waals surface area (Å²) in [5.41, 5.74) is 1.85. The van der Waals surface area contributed by atoms with Gasteiger partial charge in [-0.3, -0.25) is 29.3 Å². The summed E-state index contributed by atoms with van der Waals surface area (Å²) < 4.78 is 37.3. The number of hydrogen-bond donors (Lipinski definition) is 4. The number of halogens is 2. The largest absolute Gasteiger partial charge is 0.444 e. The van der Waals surface area contributed by atoms with Gasteiger partial charge in [-0.15, -0.1) is 0 Å². The molecule has 0 bridgehead atoms. The molecule has 14 heteroatoms. The van der Waals surface area contributed by atoms with E-state index in [4.69, 9.17) is 4.74 Å². The van der Waals surface area contributed by atoms with Crippen LogP contribution in [0.1, 0.15) is 22.3 Å². The molecule has 5 aromatic rings. The van der Waals surface area contributed by atoms with Crippen LogP contribution in [0.2, 0.25) is 0 Å². The summed E-state index contributed by atoms with van der Waals surface area (Å²) in [4.78, 5) is 60.9. The first-order valence-electron chi connectivity index (χ1n) is 16.2. The molecular weight excluding hydrogens is 674 g/mol. The first-order valence-corrected chi connectivity index (χ1v) is 16.2. The summed E-state index contributed by atoms with van der Waals surface area (Å²) >= 11 is 0. The summed E-state index contributed by atoms with van der Waals surface area (Å²) in [5, 5.41) is 17.9. The first kappa shape index (κ1) is 37.0. The SMILES string of the molecule is Cc1cccc(-c2ncc(NC(=O)OCc3ccccc3)c(=O)n2CC(=O)NC(Cc2ccccc2)C(O)C(F)(F)C(=O)NCc2ccncc2)c1. The lowest BCUT2D eigenvalue weighted by atomic mass is 9.96. The number of carbonyl (C=O) groups is 3. The fraction of sp³-hybridized carbons (Fsp3) is 0.211. The number of aromatic nitrogens is 3. The van der Waals surface area contributed by atoms with Gasteiger partial charge in [0.05, 0.1) is 12.2 Å². The van der Waals surface area contributed by atoms with E-state index in [1.807, 2.05) is 19.1 Å². The predicted octanol–water partition coefficient (Wildman–Crippen LogP) is 4.40. The average Bonchev–Trinajstić information content (AvgIpc) is 3.15. The molecule has 0 radical (unpaired) electrons. The zero-order valence-electron chi connectivity index (χ0n) is 28.0. The molecule has 2 unspecified atom stereocenters. The van der Waals surface area contributed by atoms with E-state index in [2.05, 4.69) is 25.9 Å². The molecule has 0 saturated carbocycles. The third-order valence-electron chi connectivity index (χ3n) is 7.98. The fourth-order valence-electron chi connectivity index (χ4n) is 5.30. The van der Waals surface area contributed by atoms with Crippen LogP contribution < -0.4 is 21.5 Å². The minimum Gasteiger partial charge on any atom is -0.444 e. The predicted molar refractivity (Wildman–Crippen MR) is 188 cm³/mol. The second-order valence-corrected chi connectivity index (χ2v) is 11.9. The van der Waals surface area contributed by atoms with E-state index in [1.54, 1.807) is 72.8 Å². The van der Waals surface area contributed by atoms with Crippen molar-refractivity contribution in [2.75, 3.05) is 5.32 Å². The van der Waals surface area contributed by atoms with Crippen molar-refractivity contribution in [1.29, 1.82) is 0 Å². The molecule has 0 aliphatic rings. The van der Waals surface area contributed by atoms with Crippen LogP contribution in [0.3, 0.4) is 0 Å². The smallest absolute Gasteiger partial charge is 0.412 e. The van der Waals surface area contributed by atoms with Crippen LogP contribution in [0.4, 0.5) is 19.3 Å². The number of aliphatic hydroxyl groups is 1. The highest BCUT2D eigenvalue weighted by Crippen LogP contribution is 2.24. The van der Waals surface area contributed by atoms with Gasteiger partial charge >= 0.3 is 12.0 Å². The van der Waals surface area contributed by atoms with E-state index >= 15 is 8.78 Å². The van der Waals surface area contributed by atoms with Gasteiger partial charge in [0.15, 0.2) is 0 Å². The molecule has 0 aliphatic heterocycles. The lowest BCUT2D eigenvalue weighted by Crippen LogP contribution is -2.58. The summed E-state index contributed by atoms with van der Waals surface area (Å²) in [5.74, 6) is -6.98. The van der Waals surface area contributed by atoms with Gasteiger partial charge < -0.3 is 20.5 Å². The summed E-state index contributed by atoms with van der Waals surface area (Å²) in [7, 11) is 0. The Morgan fingerprint density at radius 1 is 0.904 bits per heavy atom. The topological polar surface area (TPSA) is 165 Å².